The van der Waals surface area contributed by atoms with E-state index in [9.17, 15) is 4.79 Å². The Morgan fingerprint density at radius 1 is 1.16 bits per heavy atom. The number of likely N-dealkylation sites (tertiary alicyclic amines) is 1. The lowest BCUT2D eigenvalue weighted by atomic mass is 9.94. The number of aromatic nitrogens is 3. The SMILES string of the molecule is O=C([C@H]1CN([C@@H]2c3ccc(Cl)cc3CCc3cc(Br)cnc32)CCN1)N1CCC[C@H](Cn2ccnc2)C1. The maximum atomic E-state index is 13.8. The van der Waals surface area contributed by atoms with Gasteiger partial charge in [0.05, 0.1) is 24.1 Å². The number of hydrogen-bond acceptors (Lipinski definition) is 5. The van der Waals surface area contributed by atoms with E-state index in [1.54, 1.807) is 0 Å². The number of piperidine rings is 1. The van der Waals surface area contributed by atoms with E-state index in [2.05, 4.69) is 58.8 Å². The van der Waals surface area contributed by atoms with Gasteiger partial charge in [-0.1, -0.05) is 17.7 Å². The van der Waals surface area contributed by atoms with Crippen molar-refractivity contribution in [2.75, 3.05) is 32.7 Å². The highest BCUT2D eigenvalue weighted by atomic mass is 79.9. The molecule has 1 aliphatic carbocycles. The van der Waals surface area contributed by atoms with Gasteiger partial charge in [0.25, 0.3) is 0 Å². The van der Waals surface area contributed by atoms with Crippen molar-refractivity contribution in [3.05, 3.63) is 81.1 Å². The van der Waals surface area contributed by atoms with Crippen LogP contribution in [0.4, 0.5) is 0 Å². The van der Waals surface area contributed by atoms with E-state index in [0.29, 0.717) is 12.5 Å². The van der Waals surface area contributed by atoms with Crippen LogP contribution in [0.1, 0.15) is 41.3 Å². The average Bonchev–Trinajstić information content (AvgIpc) is 3.37. The van der Waals surface area contributed by atoms with Crippen molar-refractivity contribution in [3.63, 3.8) is 0 Å². The van der Waals surface area contributed by atoms with E-state index < -0.39 is 0 Å². The highest BCUT2D eigenvalue weighted by molar-refractivity contribution is 9.10. The van der Waals surface area contributed by atoms with Crippen LogP contribution in [0.3, 0.4) is 0 Å². The number of fused-ring (bicyclic) bond motifs is 2. The zero-order valence-electron chi connectivity index (χ0n) is 20.8. The number of aryl methyl sites for hydroxylation is 2. The number of nitrogens with one attached hydrogen (secondary N) is 1. The highest BCUT2D eigenvalue weighted by Crippen LogP contribution is 2.38. The molecule has 4 heterocycles. The number of nitrogens with zero attached hydrogens (tertiary/aromatic N) is 5. The van der Waals surface area contributed by atoms with Crippen LogP contribution in [-0.2, 0) is 24.2 Å². The highest BCUT2D eigenvalue weighted by Gasteiger charge is 2.37. The van der Waals surface area contributed by atoms with Crippen molar-refractivity contribution in [2.45, 2.75) is 44.3 Å². The van der Waals surface area contributed by atoms with Crippen LogP contribution in [0.25, 0.3) is 0 Å². The molecule has 3 atom stereocenters. The molecule has 2 saturated heterocycles. The van der Waals surface area contributed by atoms with Gasteiger partial charge in [0.1, 0.15) is 0 Å². The molecule has 1 aromatic carbocycles. The van der Waals surface area contributed by atoms with Gasteiger partial charge in [-0.25, -0.2) is 4.98 Å². The number of carbonyl (C=O) groups is 1. The molecular formula is C28H32BrClN6O. The van der Waals surface area contributed by atoms with Crippen molar-refractivity contribution in [1.29, 1.82) is 0 Å². The van der Waals surface area contributed by atoms with Crippen molar-refractivity contribution in [1.82, 2.24) is 29.7 Å². The molecule has 2 aliphatic heterocycles. The molecule has 1 amide bonds. The maximum Gasteiger partial charge on any atom is 0.241 e. The lowest BCUT2D eigenvalue weighted by Crippen LogP contribution is -2.59. The maximum absolute atomic E-state index is 13.8. The van der Waals surface area contributed by atoms with Crippen molar-refractivity contribution >= 4 is 33.4 Å². The van der Waals surface area contributed by atoms with Gasteiger partial charge in [-0.2, -0.15) is 0 Å². The summed E-state index contributed by atoms with van der Waals surface area (Å²) >= 11 is 10.0. The smallest absolute Gasteiger partial charge is 0.241 e. The monoisotopic (exact) mass is 582 g/mol. The second kappa shape index (κ2) is 10.8. The van der Waals surface area contributed by atoms with Gasteiger partial charge in [0, 0.05) is 67.4 Å². The van der Waals surface area contributed by atoms with E-state index in [1.165, 1.54) is 16.7 Å². The number of benzene rings is 1. The molecule has 3 aliphatic rings. The summed E-state index contributed by atoms with van der Waals surface area (Å²) in [4.78, 5) is 27.4. The Bertz CT molecular complexity index is 1210. The molecular weight excluding hydrogens is 552 g/mol. The topological polar surface area (TPSA) is 66.3 Å². The van der Waals surface area contributed by atoms with Crippen LogP contribution in [-0.4, -0.2) is 69.0 Å². The molecule has 1 N–H and O–H groups in total. The number of rotatable bonds is 4. The van der Waals surface area contributed by atoms with Crippen LogP contribution in [0, 0.1) is 5.92 Å². The first kappa shape index (κ1) is 25.0. The predicted octanol–water partition coefficient (Wildman–Crippen LogP) is 4.09. The molecule has 0 bridgehead atoms. The third kappa shape index (κ3) is 5.35. The Morgan fingerprint density at radius 2 is 2.05 bits per heavy atom. The summed E-state index contributed by atoms with van der Waals surface area (Å²) < 4.78 is 3.12. The molecule has 0 radical (unpaired) electrons. The molecule has 0 unspecified atom stereocenters. The Balaban J connectivity index is 1.23. The number of hydrogen-bond donors (Lipinski definition) is 1. The Labute approximate surface area is 231 Å². The predicted molar refractivity (Wildman–Crippen MR) is 148 cm³/mol. The fourth-order valence-electron chi connectivity index (χ4n) is 6.28. The third-order valence-corrected chi connectivity index (χ3v) is 8.69. The lowest BCUT2D eigenvalue weighted by molar-refractivity contribution is -0.136. The quantitative estimate of drug-likeness (QED) is 0.501. The van der Waals surface area contributed by atoms with Crippen molar-refractivity contribution < 1.29 is 4.79 Å². The molecule has 3 aromatic rings. The van der Waals surface area contributed by atoms with Crippen LogP contribution in [0.2, 0.25) is 5.02 Å². The van der Waals surface area contributed by atoms with Crippen molar-refractivity contribution in [2.24, 2.45) is 5.92 Å². The average molecular weight is 584 g/mol. The molecule has 6 rings (SSSR count). The van der Waals surface area contributed by atoms with Crippen LogP contribution in [0.15, 0.2) is 53.7 Å². The molecule has 37 heavy (non-hydrogen) atoms. The third-order valence-electron chi connectivity index (χ3n) is 8.02. The van der Waals surface area contributed by atoms with E-state index in [1.807, 2.05) is 31.0 Å². The second-order valence-corrected chi connectivity index (χ2v) is 11.8. The molecule has 0 saturated carbocycles. The first-order valence-electron chi connectivity index (χ1n) is 13.2. The fraction of sp³-hybridized carbons (Fsp3) is 0.464. The molecule has 2 aromatic heterocycles. The molecule has 194 valence electrons. The summed E-state index contributed by atoms with van der Waals surface area (Å²) in [6.07, 6.45) is 11.6. The minimum atomic E-state index is -0.223. The lowest BCUT2D eigenvalue weighted by Gasteiger charge is -2.41. The fourth-order valence-corrected chi connectivity index (χ4v) is 6.86. The van der Waals surface area contributed by atoms with Crippen LogP contribution < -0.4 is 5.32 Å². The number of pyridine rings is 1. The van der Waals surface area contributed by atoms with Gasteiger partial charge >= 0.3 is 0 Å². The first-order chi connectivity index (χ1) is 18.0. The van der Waals surface area contributed by atoms with Gasteiger partial charge in [-0.15, -0.1) is 0 Å². The standard InChI is InChI=1S/C28H32BrClN6O/c29-22-12-21-4-3-20-13-23(30)5-6-24(20)27(26(21)33-14-22)35-11-8-32-25(17-35)28(37)36-9-1-2-19(16-36)15-34-10-7-31-18-34/h5-7,10,12-14,18-19,25,27,32H,1-4,8-9,11,15-17H2/t19-,25-,27-/m1/s1. The minimum Gasteiger partial charge on any atom is -0.341 e. The zero-order valence-corrected chi connectivity index (χ0v) is 23.2. The van der Waals surface area contributed by atoms with E-state index >= 15 is 0 Å². The first-order valence-corrected chi connectivity index (χ1v) is 14.4. The van der Waals surface area contributed by atoms with E-state index in [0.717, 1.165) is 73.6 Å². The Kier molecular flexibility index (Phi) is 7.34. The van der Waals surface area contributed by atoms with E-state index in [4.69, 9.17) is 16.6 Å². The molecule has 7 nitrogen and oxygen atoms in total. The summed E-state index contributed by atoms with van der Waals surface area (Å²) in [6.45, 7) is 4.84. The number of carbonyl (C=O) groups excluding carboxylic acids is 1. The van der Waals surface area contributed by atoms with Gasteiger partial charge in [0.15, 0.2) is 0 Å². The minimum absolute atomic E-state index is 0.00520. The summed E-state index contributed by atoms with van der Waals surface area (Å²) in [5, 5.41) is 4.30. The number of halogens is 2. The second-order valence-electron chi connectivity index (χ2n) is 10.5. The van der Waals surface area contributed by atoms with Gasteiger partial charge < -0.3 is 14.8 Å². The number of amides is 1. The van der Waals surface area contributed by atoms with Crippen molar-refractivity contribution in [3.8, 4) is 0 Å². The van der Waals surface area contributed by atoms with E-state index in [-0.39, 0.29) is 18.0 Å². The Hall–Kier alpha value is -2.26. The normalized spacial score (nSPS) is 24.3. The summed E-state index contributed by atoms with van der Waals surface area (Å²) in [5.41, 5.74) is 4.87. The van der Waals surface area contributed by atoms with Gasteiger partial charge in [-0.05, 0) is 82.4 Å². The summed E-state index contributed by atoms with van der Waals surface area (Å²) in [7, 11) is 0. The summed E-state index contributed by atoms with van der Waals surface area (Å²) in [6, 6.07) is 8.22. The van der Waals surface area contributed by atoms with Gasteiger partial charge in [0.2, 0.25) is 5.91 Å². The van der Waals surface area contributed by atoms with Gasteiger partial charge in [-0.3, -0.25) is 14.7 Å². The number of imidazole rings is 1. The zero-order chi connectivity index (χ0) is 25.4. The molecule has 9 heteroatoms. The molecule has 2 fully saturated rings. The Morgan fingerprint density at radius 3 is 2.92 bits per heavy atom. The largest absolute Gasteiger partial charge is 0.341 e. The van der Waals surface area contributed by atoms with Crippen LogP contribution in [0.5, 0.6) is 0 Å². The summed E-state index contributed by atoms with van der Waals surface area (Å²) in [5.74, 6) is 0.675. The van der Waals surface area contributed by atoms with Crippen LogP contribution >= 0.6 is 27.5 Å². The molecule has 0 spiro atoms. The number of piperazine rings is 1.